The Morgan fingerprint density at radius 2 is 2.00 bits per heavy atom. The van der Waals surface area contributed by atoms with E-state index in [1.807, 2.05) is 24.4 Å². The average Bonchev–Trinajstić information content (AvgIpc) is 2.94. The summed E-state index contributed by atoms with van der Waals surface area (Å²) in [6.45, 7) is 1.99. The van der Waals surface area contributed by atoms with Gasteiger partial charge in [0.15, 0.2) is 11.6 Å². The van der Waals surface area contributed by atoms with Crippen LogP contribution in [0.25, 0.3) is 0 Å². The highest BCUT2D eigenvalue weighted by Gasteiger charge is 2.19. The monoisotopic (exact) mass is 296 g/mol. The highest BCUT2D eigenvalue weighted by atomic mass is 32.1. The molecule has 0 aliphatic heterocycles. The van der Waals surface area contributed by atoms with Crippen molar-refractivity contribution in [2.45, 2.75) is 25.9 Å². The first-order chi connectivity index (χ1) is 9.54. The maximum Gasteiger partial charge on any atom is 0.182 e. The number of benzene rings is 1. The van der Waals surface area contributed by atoms with Crippen LogP contribution in [0.2, 0.25) is 0 Å². The number of halogens is 2. The van der Waals surface area contributed by atoms with Crippen LogP contribution >= 0.6 is 11.3 Å². The Bertz CT molecular complexity index is 570. The molecular formula is C15H18F2N2S. The van der Waals surface area contributed by atoms with Crippen LogP contribution in [0.4, 0.5) is 14.5 Å². The summed E-state index contributed by atoms with van der Waals surface area (Å²) in [5.74, 6) is -1.67. The first-order valence-electron chi connectivity index (χ1n) is 6.46. The van der Waals surface area contributed by atoms with E-state index in [-0.39, 0.29) is 23.8 Å². The van der Waals surface area contributed by atoms with Gasteiger partial charge in [-0.2, -0.15) is 0 Å². The second-order valence-corrected chi connectivity index (χ2v) is 5.85. The van der Waals surface area contributed by atoms with Crippen molar-refractivity contribution in [1.29, 1.82) is 0 Å². The average molecular weight is 296 g/mol. The normalized spacial score (nSPS) is 12.4. The fourth-order valence-corrected chi connectivity index (χ4v) is 2.93. The third-order valence-corrected chi connectivity index (χ3v) is 4.38. The molecule has 0 aliphatic rings. The Balaban J connectivity index is 2.20. The topological polar surface area (TPSA) is 29.3 Å². The van der Waals surface area contributed by atoms with Gasteiger partial charge in [-0.05, 0) is 24.4 Å². The molecule has 2 nitrogen and oxygen atoms in total. The molecule has 0 aliphatic carbocycles. The van der Waals surface area contributed by atoms with Crippen molar-refractivity contribution in [1.82, 2.24) is 0 Å². The van der Waals surface area contributed by atoms with Crippen LogP contribution in [0.5, 0.6) is 0 Å². The lowest BCUT2D eigenvalue weighted by Gasteiger charge is -2.27. The Labute approximate surface area is 121 Å². The molecule has 1 heterocycles. The minimum Gasteiger partial charge on any atom is -0.369 e. The molecule has 1 atom stereocenters. The number of hydrogen-bond donors (Lipinski definition) is 1. The van der Waals surface area contributed by atoms with E-state index < -0.39 is 11.6 Å². The van der Waals surface area contributed by atoms with Gasteiger partial charge in [0.2, 0.25) is 0 Å². The molecule has 0 saturated heterocycles. The molecule has 2 rings (SSSR count). The van der Waals surface area contributed by atoms with Crippen LogP contribution in [0.1, 0.15) is 17.4 Å². The van der Waals surface area contributed by atoms with E-state index in [0.29, 0.717) is 0 Å². The number of nitrogens with two attached hydrogens (primary N) is 1. The molecule has 0 spiro atoms. The van der Waals surface area contributed by atoms with Gasteiger partial charge in [0.05, 0.1) is 5.69 Å². The standard InChI is InChI=1S/C15H18F2N2S/c1-10(8-12-4-3-7-20-12)19(2)13-6-5-11(9-18)14(16)15(13)17/h3-7,10H,8-9,18H2,1-2H3. The van der Waals surface area contributed by atoms with Crippen molar-refractivity contribution in [2.75, 3.05) is 11.9 Å². The Morgan fingerprint density at radius 1 is 1.25 bits per heavy atom. The van der Waals surface area contributed by atoms with E-state index in [1.54, 1.807) is 35.4 Å². The summed E-state index contributed by atoms with van der Waals surface area (Å²) >= 11 is 1.67. The van der Waals surface area contributed by atoms with Crippen molar-refractivity contribution in [3.63, 3.8) is 0 Å². The zero-order valence-corrected chi connectivity index (χ0v) is 12.4. The molecule has 1 aromatic heterocycles. The summed E-state index contributed by atoms with van der Waals surface area (Å²) in [6.07, 6.45) is 0.799. The van der Waals surface area contributed by atoms with Crippen LogP contribution in [-0.4, -0.2) is 13.1 Å². The number of rotatable bonds is 5. The molecule has 0 fully saturated rings. The van der Waals surface area contributed by atoms with E-state index >= 15 is 0 Å². The lowest BCUT2D eigenvalue weighted by molar-refractivity contribution is 0.495. The number of thiophene rings is 1. The molecule has 108 valence electrons. The summed E-state index contributed by atoms with van der Waals surface area (Å²) < 4.78 is 27.9. The summed E-state index contributed by atoms with van der Waals surface area (Å²) in [5, 5.41) is 2.01. The van der Waals surface area contributed by atoms with E-state index in [4.69, 9.17) is 5.73 Å². The van der Waals surface area contributed by atoms with Gasteiger partial charge in [0.25, 0.3) is 0 Å². The third-order valence-electron chi connectivity index (χ3n) is 3.48. The van der Waals surface area contributed by atoms with E-state index in [9.17, 15) is 8.78 Å². The Kier molecular flexibility index (Phi) is 4.73. The van der Waals surface area contributed by atoms with Gasteiger partial charge < -0.3 is 10.6 Å². The van der Waals surface area contributed by atoms with Gasteiger partial charge in [-0.15, -0.1) is 11.3 Å². The zero-order valence-electron chi connectivity index (χ0n) is 11.6. The fraction of sp³-hybridized carbons (Fsp3) is 0.333. The van der Waals surface area contributed by atoms with Gasteiger partial charge in [0, 0.05) is 36.5 Å². The minimum absolute atomic E-state index is 0.00248. The lowest BCUT2D eigenvalue weighted by atomic mass is 10.1. The number of anilines is 1. The molecule has 1 unspecified atom stereocenters. The predicted molar refractivity (Wildman–Crippen MR) is 80.1 cm³/mol. The lowest BCUT2D eigenvalue weighted by Crippen LogP contribution is -2.31. The first kappa shape index (κ1) is 14.9. The van der Waals surface area contributed by atoms with Crippen LogP contribution in [0.15, 0.2) is 29.6 Å². The molecule has 5 heteroatoms. The van der Waals surface area contributed by atoms with E-state index in [0.717, 1.165) is 6.42 Å². The molecule has 0 amide bonds. The van der Waals surface area contributed by atoms with Gasteiger partial charge >= 0.3 is 0 Å². The molecule has 2 N–H and O–H groups in total. The SMILES string of the molecule is CC(Cc1cccs1)N(C)c1ccc(CN)c(F)c1F. The van der Waals surface area contributed by atoms with Crippen molar-refractivity contribution >= 4 is 17.0 Å². The first-order valence-corrected chi connectivity index (χ1v) is 7.34. The van der Waals surface area contributed by atoms with Crippen LogP contribution < -0.4 is 10.6 Å². The maximum absolute atomic E-state index is 14.1. The molecule has 0 radical (unpaired) electrons. The highest BCUT2D eigenvalue weighted by Crippen LogP contribution is 2.26. The molecule has 20 heavy (non-hydrogen) atoms. The van der Waals surface area contributed by atoms with Gasteiger partial charge in [0.1, 0.15) is 0 Å². The van der Waals surface area contributed by atoms with Crippen molar-refractivity contribution < 1.29 is 8.78 Å². The molecule has 0 saturated carbocycles. The smallest absolute Gasteiger partial charge is 0.182 e. The Hall–Kier alpha value is -1.46. The van der Waals surface area contributed by atoms with Gasteiger partial charge in [-0.3, -0.25) is 0 Å². The zero-order chi connectivity index (χ0) is 14.7. The van der Waals surface area contributed by atoms with Crippen molar-refractivity contribution in [3.8, 4) is 0 Å². The third kappa shape index (κ3) is 2.99. The number of likely N-dealkylation sites (N-methyl/N-ethyl adjacent to an activating group) is 1. The van der Waals surface area contributed by atoms with Crippen LogP contribution in [0.3, 0.4) is 0 Å². The number of nitrogens with zero attached hydrogens (tertiary/aromatic N) is 1. The summed E-state index contributed by atoms with van der Waals surface area (Å²) in [7, 11) is 1.78. The fourth-order valence-electron chi connectivity index (χ4n) is 2.10. The quantitative estimate of drug-likeness (QED) is 0.914. The largest absolute Gasteiger partial charge is 0.369 e. The van der Waals surface area contributed by atoms with Crippen LogP contribution in [0, 0.1) is 11.6 Å². The second-order valence-electron chi connectivity index (χ2n) is 4.82. The van der Waals surface area contributed by atoms with Crippen molar-refractivity contribution in [3.05, 3.63) is 51.7 Å². The predicted octanol–water partition coefficient (Wildman–Crippen LogP) is 3.55. The molecule has 0 bridgehead atoms. The summed E-state index contributed by atoms with van der Waals surface area (Å²) in [6, 6.07) is 7.24. The molecular weight excluding hydrogens is 278 g/mol. The maximum atomic E-state index is 14.1. The van der Waals surface area contributed by atoms with Crippen molar-refractivity contribution in [2.24, 2.45) is 5.73 Å². The highest BCUT2D eigenvalue weighted by molar-refractivity contribution is 7.09. The number of hydrogen-bond acceptors (Lipinski definition) is 3. The summed E-state index contributed by atoms with van der Waals surface area (Å²) in [5.41, 5.74) is 5.84. The second kappa shape index (κ2) is 6.33. The Morgan fingerprint density at radius 3 is 2.60 bits per heavy atom. The van der Waals surface area contributed by atoms with Gasteiger partial charge in [-0.25, -0.2) is 8.78 Å². The van der Waals surface area contributed by atoms with Gasteiger partial charge in [-0.1, -0.05) is 12.1 Å². The van der Waals surface area contributed by atoms with E-state index in [2.05, 4.69) is 0 Å². The van der Waals surface area contributed by atoms with Crippen LogP contribution in [-0.2, 0) is 13.0 Å². The minimum atomic E-state index is -0.847. The summed E-state index contributed by atoms with van der Waals surface area (Å²) in [4.78, 5) is 2.99. The van der Waals surface area contributed by atoms with E-state index in [1.165, 1.54) is 4.88 Å². The molecule has 1 aromatic carbocycles. The molecule has 2 aromatic rings.